The fourth-order valence-corrected chi connectivity index (χ4v) is 3.49. The van der Waals surface area contributed by atoms with Gasteiger partial charge in [0.05, 0.1) is 6.61 Å². The van der Waals surface area contributed by atoms with Crippen LogP contribution in [0.3, 0.4) is 0 Å². The molecule has 110 valence electrons. The normalized spacial score (nSPS) is 26.3. The Labute approximate surface area is 120 Å². The van der Waals surface area contributed by atoms with E-state index in [2.05, 4.69) is 10.2 Å². The van der Waals surface area contributed by atoms with Crippen LogP contribution in [-0.2, 0) is 0 Å². The molecule has 2 heterocycles. The Morgan fingerprint density at radius 3 is 3.00 bits per heavy atom. The first kappa shape index (κ1) is 13.7. The van der Waals surface area contributed by atoms with Crippen LogP contribution in [0, 0.1) is 5.82 Å². The number of piperidine rings is 1. The molecule has 1 aromatic rings. The molecule has 2 aliphatic rings. The van der Waals surface area contributed by atoms with Crippen LogP contribution in [0.1, 0.15) is 32.6 Å². The number of anilines is 1. The Balaban J connectivity index is 1.67. The fraction of sp³-hybridized carbons (Fsp3) is 0.625. The summed E-state index contributed by atoms with van der Waals surface area (Å²) in [6.45, 7) is 4.74. The van der Waals surface area contributed by atoms with Crippen molar-refractivity contribution >= 4 is 5.69 Å². The van der Waals surface area contributed by atoms with E-state index in [0.717, 1.165) is 12.1 Å². The number of benzene rings is 1. The molecule has 0 amide bonds. The fourth-order valence-electron chi connectivity index (χ4n) is 3.49. The van der Waals surface area contributed by atoms with E-state index in [1.54, 1.807) is 12.1 Å². The largest absolute Gasteiger partial charge is 0.491 e. The Morgan fingerprint density at radius 2 is 2.20 bits per heavy atom. The number of ether oxygens (including phenoxy) is 1. The number of hydrogen-bond acceptors (Lipinski definition) is 3. The van der Waals surface area contributed by atoms with Crippen LogP contribution in [0.25, 0.3) is 0 Å². The summed E-state index contributed by atoms with van der Waals surface area (Å²) >= 11 is 0. The van der Waals surface area contributed by atoms with Crippen LogP contribution in [0.4, 0.5) is 10.1 Å². The second-order valence-electron chi connectivity index (χ2n) is 5.72. The van der Waals surface area contributed by atoms with E-state index in [1.165, 1.54) is 32.4 Å². The van der Waals surface area contributed by atoms with Gasteiger partial charge in [-0.1, -0.05) is 6.42 Å². The van der Waals surface area contributed by atoms with E-state index in [4.69, 9.17) is 4.74 Å². The SMILES string of the molecule is CCOc1ccc(NC2CCN3CCCCC23)cc1F. The highest BCUT2D eigenvalue weighted by Crippen LogP contribution is 2.30. The summed E-state index contributed by atoms with van der Waals surface area (Å²) in [6, 6.07) is 6.26. The van der Waals surface area contributed by atoms with Gasteiger partial charge in [-0.15, -0.1) is 0 Å². The van der Waals surface area contributed by atoms with Crippen molar-refractivity contribution in [1.82, 2.24) is 4.90 Å². The molecule has 4 heteroatoms. The summed E-state index contributed by atoms with van der Waals surface area (Å²) in [7, 11) is 0. The van der Waals surface area contributed by atoms with E-state index >= 15 is 0 Å². The predicted molar refractivity (Wildman–Crippen MR) is 78.8 cm³/mol. The third-order valence-corrected chi connectivity index (χ3v) is 4.44. The molecular formula is C16H23FN2O. The van der Waals surface area contributed by atoms with Gasteiger partial charge < -0.3 is 10.1 Å². The molecule has 1 N–H and O–H groups in total. The molecule has 0 bridgehead atoms. The Morgan fingerprint density at radius 1 is 1.30 bits per heavy atom. The van der Waals surface area contributed by atoms with Crippen LogP contribution < -0.4 is 10.1 Å². The molecule has 0 saturated carbocycles. The van der Waals surface area contributed by atoms with Gasteiger partial charge in [0.25, 0.3) is 0 Å². The molecule has 1 aromatic carbocycles. The van der Waals surface area contributed by atoms with E-state index in [0.29, 0.717) is 24.4 Å². The highest BCUT2D eigenvalue weighted by Gasteiger charge is 2.35. The quantitative estimate of drug-likeness (QED) is 0.915. The lowest BCUT2D eigenvalue weighted by Crippen LogP contribution is -2.41. The summed E-state index contributed by atoms with van der Waals surface area (Å²) in [5.74, 6) is 0.0547. The smallest absolute Gasteiger partial charge is 0.167 e. The lowest BCUT2D eigenvalue weighted by Gasteiger charge is -2.33. The van der Waals surface area contributed by atoms with Gasteiger partial charge in [0.15, 0.2) is 11.6 Å². The Bertz CT molecular complexity index is 466. The van der Waals surface area contributed by atoms with Crippen LogP contribution in [0.2, 0.25) is 0 Å². The third kappa shape index (κ3) is 2.75. The van der Waals surface area contributed by atoms with Crippen molar-refractivity contribution in [2.75, 3.05) is 25.0 Å². The van der Waals surface area contributed by atoms with Crippen LogP contribution in [0.5, 0.6) is 5.75 Å². The molecule has 2 fully saturated rings. The van der Waals surface area contributed by atoms with Crippen molar-refractivity contribution in [2.24, 2.45) is 0 Å². The topological polar surface area (TPSA) is 24.5 Å². The average Bonchev–Trinajstić information content (AvgIpc) is 2.86. The second kappa shape index (κ2) is 6.00. The van der Waals surface area contributed by atoms with Gasteiger partial charge >= 0.3 is 0 Å². The molecule has 0 radical (unpaired) electrons. The first-order valence-electron chi connectivity index (χ1n) is 7.71. The van der Waals surface area contributed by atoms with Crippen LogP contribution >= 0.6 is 0 Å². The number of nitrogens with zero attached hydrogens (tertiary/aromatic N) is 1. The third-order valence-electron chi connectivity index (χ3n) is 4.44. The molecular weight excluding hydrogens is 255 g/mol. The minimum Gasteiger partial charge on any atom is -0.491 e. The molecule has 0 aliphatic carbocycles. The molecule has 20 heavy (non-hydrogen) atoms. The van der Waals surface area contributed by atoms with E-state index in [1.807, 2.05) is 13.0 Å². The first-order chi connectivity index (χ1) is 9.78. The molecule has 0 spiro atoms. The molecule has 2 atom stereocenters. The number of rotatable bonds is 4. The molecule has 2 saturated heterocycles. The lowest BCUT2D eigenvalue weighted by molar-refractivity contribution is 0.193. The summed E-state index contributed by atoms with van der Waals surface area (Å²) in [5, 5.41) is 3.51. The van der Waals surface area contributed by atoms with Crippen LogP contribution in [-0.4, -0.2) is 36.7 Å². The van der Waals surface area contributed by atoms with Crippen molar-refractivity contribution in [3.63, 3.8) is 0 Å². The number of fused-ring (bicyclic) bond motifs is 1. The van der Waals surface area contributed by atoms with Crippen molar-refractivity contribution < 1.29 is 9.13 Å². The van der Waals surface area contributed by atoms with E-state index in [9.17, 15) is 4.39 Å². The number of hydrogen-bond donors (Lipinski definition) is 1. The highest BCUT2D eigenvalue weighted by molar-refractivity contribution is 5.48. The van der Waals surface area contributed by atoms with E-state index in [-0.39, 0.29) is 5.82 Å². The molecule has 0 aromatic heterocycles. The zero-order valence-corrected chi connectivity index (χ0v) is 12.1. The maximum absolute atomic E-state index is 13.9. The van der Waals surface area contributed by atoms with Crippen molar-refractivity contribution in [1.29, 1.82) is 0 Å². The summed E-state index contributed by atoms with van der Waals surface area (Å²) in [5.41, 5.74) is 0.864. The van der Waals surface area contributed by atoms with Crippen LogP contribution in [0.15, 0.2) is 18.2 Å². The summed E-state index contributed by atoms with van der Waals surface area (Å²) in [6.07, 6.45) is 5.05. The van der Waals surface area contributed by atoms with Gasteiger partial charge in [-0.25, -0.2) is 4.39 Å². The maximum Gasteiger partial charge on any atom is 0.167 e. The minimum absolute atomic E-state index is 0.282. The van der Waals surface area contributed by atoms with E-state index < -0.39 is 0 Å². The van der Waals surface area contributed by atoms with Gasteiger partial charge in [0, 0.05) is 30.4 Å². The monoisotopic (exact) mass is 278 g/mol. The first-order valence-corrected chi connectivity index (χ1v) is 7.71. The predicted octanol–water partition coefficient (Wildman–Crippen LogP) is 3.26. The molecule has 2 aliphatic heterocycles. The highest BCUT2D eigenvalue weighted by atomic mass is 19.1. The van der Waals surface area contributed by atoms with Crippen molar-refractivity contribution in [3.05, 3.63) is 24.0 Å². The average molecular weight is 278 g/mol. The van der Waals surface area contributed by atoms with Gasteiger partial charge in [-0.05, 0) is 44.9 Å². The maximum atomic E-state index is 13.9. The minimum atomic E-state index is -0.282. The van der Waals surface area contributed by atoms with Gasteiger partial charge in [0.2, 0.25) is 0 Å². The Kier molecular flexibility index (Phi) is 4.10. The Hall–Kier alpha value is -1.29. The molecule has 2 unspecified atom stereocenters. The van der Waals surface area contributed by atoms with Crippen molar-refractivity contribution in [2.45, 2.75) is 44.7 Å². The lowest BCUT2D eigenvalue weighted by atomic mass is 9.99. The van der Waals surface area contributed by atoms with Gasteiger partial charge in [0.1, 0.15) is 0 Å². The standard InChI is InChI=1S/C16H23FN2O/c1-2-20-16-7-6-12(11-13(16)17)18-14-8-10-19-9-4-3-5-15(14)19/h6-7,11,14-15,18H,2-5,8-10H2,1H3. The van der Waals surface area contributed by atoms with Crippen molar-refractivity contribution in [3.8, 4) is 5.75 Å². The second-order valence-corrected chi connectivity index (χ2v) is 5.72. The molecule has 3 rings (SSSR count). The number of halogens is 1. The zero-order valence-electron chi connectivity index (χ0n) is 12.1. The van der Waals surface area contributed by atoms with Gasteiger partial charge in [-0.3, -0.25) is 4.90 Å². The summed E-state index contributed by atoms with van der Waals surface area (Å²) in [4.78, 5) is 2.58. The number of nitrogens with one attached hydrogen (secondary N) is 1. The van der Waals surface area contributed by atoms with Gasteiger partial charge in [-0.2, -0.15) is 0 Å². The molecule has 3 nitrogen and oxygen atoms in total. The summed E-state index contributed by atoms with van der Waals surface area (Å²) < 4.78 is 19.1. The zero-order chi connectivity index (χ0) is 13.9.